The van der Waals surface area contributed by atoms with Crippen molar-refractivity contribution >= 4 is 32.6 Å². The topological polar surface area (TPSA) is 8.17 Å². The summed E-state index contributed by atoms with van der Waals surface area (Å²) in [4.78, 5) is 2.21. The van der Waals surface area contributed by atoms with Gasteiger partial charge in [0, 0.05) is 10.8 Å². The van der Waals surface area contributed by atoms with Gasteiger partial charge in [0.25, 0.3) is 0 Å². The van der Waals surface area contributed by atoms with E-state index in [1.807, 2.05) is 0 Å². The van der Waals surface area contributed by atoms with E-state index < -0.39 is 0 Å². The van der Waals surface area contributed by atoms with E-state index in [1.165, 1.54) is 32.6 Å². The van der Waals surface area contributed by atoms with Crippen molar-refractivity contribution < 1.29 is 0 Å². The van der Waals surface area contributed by atoms with E-state index >= 15 is 0 Å². The molecule has 0 amide bonds. The first-order valence-electron chi connectivity index (χ1n) is 7.29. The van der Waals surface area contributed by atoms with Crippen molar-refractivity contribution in [1.29, 1.82) is 0 Å². The molecular weight excluding hydrogens is 256 g/mol. The first-order chi connectivity index (χ1) is 10.3. The van der Waals surface area contributed by atoms with E-state index in [2.05, 4.69) is 84.2 Å². The SMILES string of the molecule is CN(C)Cn1c2ccccc2c2c3ccccc3ccc21. The fourth-order valence-corrected chi connectivity index (χ4v) is 3.25. The fourth-order valence-electron chi connectivity index (χ4n) is 3.25. The highest BCUT2D eigenvalue weighted by molar-refractivity contribution is 6.20. The number of hydrogen-bond acceptors (Lipinski definition) is 1. The van der Waals surface area contributed by atoms with Crippen LogP contribution in [0.15, 0.2) is 60.7 Å². The molecule has 0 unspecified atom stereocenters. The van der Waals surface area contributed by atoms with Crippen LogP contribution in [0.3, 0.4) is 0 Å². The second-order valence-corrected chi connectivity index (χ2v) is 5.85. The Morgan fingerprint density at radius 2 is 1.48 bits per heavy atom. The Hall–Kier alpha value is -2.32. The second kappa shape index (κ2) is 4.61. The average molecular weight is 274 g/mol. The lowest BCUT2D eigenvalue weighted by Gasteiger charge is -2.13. The molecule has 0 bridgehead atoms. The van der Waals surface area contributed by atoms with Crippen LogP contribution in [0.5, 0.6) is 0 Å². The molecule has 1 aromatic heterocycles. The maximum atomic E-state index is 2.40. The van der Waals surface area contributed by atoms with Gasteiger partial charge in [0.15, 0.2) is 0 Å². The fraction of sp³-hybridized carbons (Fsp3) is 0.158. The molecule has 0 saturated heterocycles. The molecule has 0 saturated carbocycles. The zero-order chi connectivity index (χ0) is 14.4. The normalized spacial score (nSPS) is 12.0. The summed E-state index contributed by atoms with van der Waals surface area (Å²) in [7, 11) is 4.23. The lowest BCUT2D eigenvalue weighted by Crippen LogP contribution is -2.16. The predicted octanol–water partition coefficient (Wildman–Crippen LogP) is 4.47. The molecular formula is C19H18N2. The Kier molecular flexibility index (Phi) is 2.72. The highest BCUT2D eigenvalue weighted by Crippen LogP contribution is 2.34. The molecule has 0 aliphatic rings. The minimum Gasteiger partial charge on any atom is -0.327 e. The Balaban J connectivity index is 2.23. The van der Waals surface area contributed by atoms with Crippen LogP contribution >= 0.6 is 0 Å². The van der Waals surface area contributed by atoms with Crippen molar-refractivity contribution in [2.75, 3.05) is 14.1 Å². The van der Waals surface area contributed by atoms with Crippen LogP contribution in [-0.2, 0) is 6.67 Å². The highest BCUT2D eigenvalue weighted by Gasteiger charge is 2.12. The van der Waals surface area contributed by atoms with Gasteiger partial charge in [-0.1, -0.05) is 48.5 Å². The molecule has 21 heavy (non-hydrogen) atoms. The van der Waals surface area contributed by atoms with Crippen LogP contribution in [0.2, 0.25) is 0 Å². The molecule has 0 radical (unpaired) electrons. The molecule has 104 valence electrons. The van der Waals surface area contributed by atoms with Gasteiger partial charge in [0.2, 0.25) is 0 Å². The number of hydrogen-bond donors (Lipinski definition) is 0. The van der Waals surface area contributed by atoms with Crippen LogP contribution in [0.1, 0.15) is 0 Å². The molecule has 0 aliphatic heterocycles. The van der Waals surface area contributed by atoms with E-state index in [9.17, 15) is 0 Å². The van der Waals surface area contributed by atoms with Gasteiger partial charge in [0.05, 0.1) is 17.7 Å². The van der Waals surface area contributed by atoms with Crippen LogP contribution in [0.25, 0.3) is 32.6 Å². The monoisotopic (exact) mass is 274 g/mol. The average Bonchev–Trinajstić information content (AvgIpc) is 2.82. The minimum atomic E-state index is 0.891. The van der Waals surface area contributed by atoms with Crippen LogP contribution < -0.4 is 0 Å². The molecule has 0 aliphatic carbocycles. The largest absolute Gasteiger partial charge is 0.327 e. The number of para-hydroxylation sites is 1. The summed E-state index contributed by atoms with van der Waals surface area (Å²) in [6.45, 7) is 0.891. The lowest BCUT2D eigenvalue weighted by atomic mass is 10.0. The van der Waals surface area contributed by atoms with Gasteiger partial charge in [-0.3, -0.25) is 4.90 Å². The Bertz CT molecular complexity index is 948. The van der Waals surface area contributed by atoms with Gasteiger partial charge in [-0.2, -0.15) is 0 Å². The Morgan fingerprint density at radius 3 is 2.29 bits per heavy atom. The van der Waals surface area contributed by atoms with Crippen molar-refractivity contribution in [1.82, 2.24) is 9.47 Å². The third kappa shape index (κ3) is 1.83. The molecule has 2 nitrogen and oxygen atoms in total. The Labute approximate surface area is 124 Å². The molecule has 4 aromatic rings. The van der Waals surface area contributed by atoms with E-state index in [4.69, 9.17) is 0 Å². The summed E-state index contributed by atoms with van der Waals surface area (Å²) < 4.78 is 2.40. The van der Waals surface area contributed by atoms with E-state index in [1.54, 1.807) is 0 Å². The molecule has 0 spiro atoms. The number of aromatic nitrogens is 1. The van der Waals surface area contributed by atoms with Crippen LogP contribution in [0.4, 0.5) is 0 Å². The third-order valence-corrected chi connectivity index (χ3v) is 4.09. The Morgan fingerprint density at radius 1 is 0.762 bits per heavy atom. The quantitative estimate of drug-likeness (QED) is 0.523. The third-order valence-electron chi connectivity index (χ3n) is 4.09. The lowest BCUT2D eigenvalue weighted by molar-refractivity contribution is 0.338. The van der Waals surface area contributed by atoms with Gasteiger partial charge in [-0.15, -0.1) is 0 Å². The summed E-state index contributed by atoms with van der Waals surface area (Å²) in [6.07, 6.45) is 0. The van der Waals surface area contributed by atoms with Crippen molar-refractivity contribution in [2.24, 2.45) is 0 Å². The maximum absolute atomic E-state index is 2.40. The molecule has 0 N–H and O–H groups in total. The molecule has 1 heterocycles. The van der Waals surface area contributed by atoms with Crippen LogP contribution in [0, 0.1) is 0 Å². The van der Waals surface area contributed by atoms with Gasteiger partial charge >= 0.3 is 0 Å². The first kappa shape index (κ1) is 12.4. The number of rotatable bonds is 2. The zero-order valence-electron chi connectivity index (χ0n) is 12.4. The second-order valence-electron chi connectivity index (χ2n) is 5.85. The molecule has 0 fully saturated rings. The van der Waals surface area contributed by atoms with Gasteiger partial charge in [0.1, 0.15) is 0 Å². The highest BCUT2D eigenvalue weighted by atomic mass is 15.2. The maximum Gasteiger partial charge on any atom is 0.0752 e. The van der Waals surface area contributed by atoms with Gasteiger partial charge < -0.3 is 4.57 Å². The van der Waals surface area contributed by atoms with Gasteiger partial charge in [-0.25, -0.2) is 0 Å². The molecule has 0 atom stereocenters. The summed E-state index contributed by atoms with van der Waals surface area (Å²) in [5.41, 5.74) is 2.61. The molecule has 2 heteroatoms. The summed E-state index contributed by atoms with van der Waals surface area (Å²) in [5, 5.41) is 5.35. The minimum absolute atomic E-state index is 0.891. The van der Waals surface area contributed by atoms with Gasteiger partial charge in [-0.05, 0) is 37.0 Å². The van der Waals surface area contributed by atoms with E-state index in [0.717, 1.165) is 6.67 Å². The molecule has 4 rings (SSSR count). The molecule has 3 aromatic carbocycles. The van der Waals surface area contributed by atoms with Crippen molar-refractivity contribution in [3.63, 3.8) is 0 Å². The van der Waals surface area contributed by atoms with Crippen LogP contribution in [-0.4, -0.2) is 23.6 Å². The number of benzene rings is 3. The predicted molar refractivity (Wildman–Crippen MR) is 90.6 cm³/mol. The zero-order valence-corrected chi connectivity index (χ0v) is 12.4. The standard InChI is InChI=1S/C19H18N2/c1-20(2)13-21-17-10-6-5-9-16(17)19-15-8-4-3-7-14(15)11-12-18(19)21/h3-12H,13H2,1-2H3. The van der Waals surface area contributed by atoms with Crippen molar-refractivity contribution in [3.05, 3.63) is 60.7 Å². The van der Waals surface area contributed by atoms with E-state index in [0.29, 0.717) is 0 Å². The summed E-state index contributed by atoms with van der Waals surface area (Å²) in [5.74, 6) is 0. The summed E-state index contributed by atoms with van der Waals surface area (Å²) in [6, 6.07) is 21.8. The van der Waals surface area contributed by atoms with E-state index in [-0.39, 0.29) is 0 Å². The number of fused-ring (bicyclic) bond motifs is 5. The number of nitrogens with zero attached hydrogens (tertiary/aromatic N) is 2. The summed E-state index contributed by atoms with van der Waals surface area (Å²) >= 11 is 0. The first-order valence-corrected chi connectivity index (χ1v) is 7.29. The smallest absolute Gasteiger partial charge is 0.0752 e. The van der Waals surface area contributed by atoms with Crippen molar-refractivity contribution in [2.45, 2.75) is 6.67 Å². The van der Waals surface area contributed by atoms with Crippen molar-refractivity contribution in [3.8, 4) is 0 Å².